The molecule has 14 heteroatoms. The van der Waals surface area contributed by atoms with Crippen LogP contribution in [-0.2, 0) is 6.54 Å². The number of nitriles is 1. The van der Waals surface area contributed by atoms with Crippen LogP contribution in [0.2, 0.25) is 10.2 Å². The summed E-state index contributed by atoms with van der Waals surface area (Å²) < 4.78 is 79.0. The number of carbonyl (C=O) groups excluding carboxylic acids is 1. The third-order valence-electron chi connectivity index (χ3n) is 5.47. The van der Waals surface area contributed by atoms with Crippen molar-refractivity contribution in [3.63, 3.8) is 0 Å². The lowest BCUT2D eigenvalue weighted by molar-refractivity contribution is 0.0716. The van der Waals surface area contributed by atoms with Crippen LogP contribution in [-0.4, -0.2) is 18.1 Å². The molecule has 0 spiro atoms. The topological polar surface area (TPSA) is 101 Å². The number of benzene rings is 3. The van der Waals surface area contributed by atoms with E-state index in [-0.39, 0.29) is 33.7 Å². The number of fused-ring (bicyclic) bond motifs is 1. The van der Waals surface area contributed by atoms with Crippen molar-refractivity contribution in [1.82, 2.24) is 4.98 Å². The number of aromatic nitrogens is 1. The van der Waals surface area contributed by atoms with E-state index >= 15 is 0 Å². The number of hydrogen-bond acceptors (Lipinski definition) is 7. The molecule has 0 aliphatic rings. The predicted molar refractivity (Wildman–Crippen MR) is 131 cm³/mol. The Balaban J connectivity index is 1.89. The molecule has 0 saturated carbocycles. The van der Waals surface area contributed by atoms with Gasteiger partial charge >= 0.3 is 5.97 Å². The highest BCUT2D eigenvalue weighted by atomic mass is 35.5. The largest absolute Gasteiger partial charge is 0.495 e. The zero-order valence-corrected chi connectivity index (χ0v) is 21.0. The number of methoxy groups -OCH3 is 1. The van der Waals surface area contributed by atoms with Gasteiger partial charge in [0, 0.05) is 5.39 Å². The smallest absolute Gasteiger partial charge is 0.349 e. The molecule has 7 nitrogen and oxygen atoms in total. The molecule has 4 aromatic rings. The van der Waals surface area contributed by atoms with Gasteiger partial charge in [-0.2, -0.15) is 14.0 Å². The maximum atomic E-state index is 14.2. The molecule has 0 aliphatic carbocycles. The van der Waals surface area contributed by atoms with Gasteiger partial charge in [0.05, 0.1) is 41.5 Å². The third-order valence-corrected chi connectivity index (χ3v) is 6.04. The standard InChI is InChI=1S/C25H13Cl2F5N4O3/c1-38-15-5-3-11(7-13(15)26)9-36(34)22-12-6-10(8-33)2-4-14(12)35-24(27)16(22)25(37)39-23-20(31)18(29)17(28)19(30)21(23)32/h2-7H,9,34H2,1H3. The SMILES string of the molecule is COc1ccc(CN(N)c2c(C(=O)Oc3c(F)c(F)c(F)c(F)c3F)c(Cl)nc3ccc(C#N)cc23)cc1Cl. The fourth-order valence-corrected chi connectivity index (χ4v) is 4.21. The van der Waals surface area contributed by atoms with Crippen LogP contribution >= 0.6 is 23.2 Å². The molecular formula is C25H13Cl2F5N4O3. The number of pyridine rings is 1. The molecule has 1 heterocycles. The summed E-state index contributed by atoms with van der Waals surface area (Å²) in [5, 5.41) is 10.1. The first-order valence-electron chi connectivity index (χ1n) is 10.6. The minimum Gasteiger partial charge on any atom is -0.495 e. The summed E-state index contributed by atoms with van der Waals surface area (Å²) in [6.07, 6.45) is 0. The lowest BCUT2D eigenvalue weighted by Gasteiger charge is -2.24. The van der Waals surface area contributed by atoms with Crippen LogP contribution in [0.15, 0.2) is 36.4 Å². The number of carbonyl (C=O) groups is 1. The number of rotatable bonds is 6. The van der Waals surface area contributed by atoms with E-state index in [9.17, 15) is 32.0 Å². The zero-order chi connectivity index (χ0) is 28.6. The Labute approximate surface area is 226 Å². The minimum absolute atomic E-state index is 0.0879. The molecule has 200 valence electrons. The van der Waals surface area contributed by atoms with Crippen LogP contribution in [0, 0.1) is 40.4 Å². The Morgan fingerprint density at radius 3 is 2.26 bits per heavy atom. The average Bonchev–Trinajstić information content (AvgIpc) is 2.92. The number of halogens is 7. The molecular weight excluding hydrogens is 570 g/mol. The van der Waals surface area contributed by atoms with E-state index in [4.69, 9.17) is 33.8 Å². The van der Waals surface area contributed by atoms with Crippen molar-refractivity contribution in [2.45, 2.75) is 6.54 Å². The van der Waals surface area contributed by atoms with Crippen molar-refractivity contribution in [3.05, 3.63) is 92.4 Å². The summed E-state index contributed by atoms with van der Waals surface area (Å²) in [5.74, 6) is -8.67. The van der Waals surface area contributed by atoms with Gasteiger partial charge in [0.2, 0.25) is 34.8 Å². The Morgan fingerprint density at radius 1 is 1.03 bits per heavy atom. The normalized spacial score (nSPS) is 10.9. The first kappa shape index (κ1) is 27.8. The van der Waals surface area contributed by atoms with E-state index in [1.54, 1.807) is 12.1 Å². The van der Waals surface area contributed by atoms with Gasteiger partial charge in [-0.15, -0.1) is 0 Å². The second kappa shape index (κ2) is 10.9. The predicted octanol–water partition coefficient (Wildman–Crippen LogP) is 6.22. The van der Waals surface area contributed by atoms with Gasteiger partial charge in [0.1, 0.15) is 16.5 Å². The maximum absolute atomic E-state index is 14.2. The Bertz CT molecular complexity index is 1670. The number of hydrazine groups is 1. The van der Waals surface area contributed by atoms with Gasteiger partial charge in [-0.3, -0.25) is 0 Å². The highest BCUT2D eigenvalue weighted by molar-refractivity contribution is 6.34. The molecule has 39 heavy (non-hydrogen) atoms. The molecule has 0 amide bonds. The number of esters is 1. The number of anilines is 1. The lowest BCUT2D eigenvalue weighted by atomic mass is 10.1. The van der Waals surface area contributed by atoms with Crippen molar-refractivity contribution in [2.75, 3.05) is 12.1 Å². The summed E-state index contributed by atoms with van der Waals surface area (Å²) in [6.45, 7) is -0.154. The minimum atomic E-state index is -2.44. The summed E-state index contributed by atoms with van der Waals surface area (Å²) in [7, 11) is 1.41. The van der Waals surface area contributed by atoms with Gasteiger partial charge < -0.3 is 14.5 Å². The molecule has 3 aromatic carbocycles. The van der Waals surface area contributed by atoms with Gasteiger partial charge in [0.15, 0.2) is 0 Å². The van der Waals surface area contributed by atoms with Crippen LogP contribution in [0.1, 0.15) is 21.5 Å². The molecule has 0 radical (unpaired) electrons. The molecule has 4 rings (SSSR count). The fourth-order valence-electron chi connectivity index (χ4n) is 3.67. The van der Waals surface area contributed by atoms with Crippen LogP contribution in [0.3, 0.4) is 0 Å². The molecule has 0 unspecified atom stereocenters. The first-order chi connectivity index (χ1) is 18.5. The highest BCUT2D eigenvalue weighted by Crippen LogP contribution is 2.37. The fraction of sp³-hybridized carbons (Fsp3) is 0.0800. The molecule has 2 N–H and O–H groups in total. The van der Waals surface area contributed by atoms with E-state index in [0.29, 0.717) is 11.3 Å². The van der Waals surface area contributed by atoms with Crippen LogP contribution in [0.25, 0.3) is 10.9 Å². The molecule has 0 fully saturated rings. The van der Waals surface area contributed by atoms with Crippen molar-refractivity contribution >= 4 is 45.8 Å². The molecule has 0 bridgehead atoms. The van der Waals surface area contributed by atoms with E-state index in [2.05, 4.69) is 9.72 Å². The van der Waals surface area contributed by atoms with Crippen LogP contribution < -0.4 is 20.3 Å². The second-order valence-corrected chi connectivity index (χ2v) is 8.62. The Hall–Kier alpha value is -4.18. The van der Waals surface area contributed by atoms with Gasteiger partial charge in [0.25, 0.3) is 0 Å². The number of hydrogen-bond donors (Lipinski definition) is 1. The molecule has 1 aromatic heterocycles. The van der Waals surface area contributed by atoms with Gasteiger partial charge in [-0.1, -0.05) is 29.3 Å². The first-order valence-corrected chi connectivity index (χ1v) is 11.4. The van der Waals surface area contributed by atoms with E-state index in [0.717, 1.165) is 5.01 Å². The Kier molecular flexibility index (Phi) is 7.78. The number of ether oxygens (including phenoxy) is 2. The summed E-state index contributed by atoms with van der Waals surface area (Å²) >= 11 is 12.4. The molecule has 0 saturated heterocycles. The monoisotopic (exact) mass is 582 g/mol. The van der Waals surface area contributed by atoms with E-state index in [1.165, 1.54) is 31.4 Å². The molecule has 0 aliphatic heterocycles. The van der Waals surface area contributed by atoms with Crippen LogP contribution in [0.5, 0.6) is 11.5 Å². The van der Waals surface area contributed by atoms with Crippen molar-refractivity contribution < 1.29 is 36.2 Å². The maximum Gasteiger partial charge on any atom is 0.349 e. The Morgan fingerprint density at radius 2 is 1.67 bits per heavy atom. The van der Waals surface area contributed by atoms with Crippen LogP contribution in [0.4, 0.5) is 27.6 Å². The number of nitrogens with zero attached hydrogens (tertiary/aromatic N) is 3. The summed E-state index contributed by atoms with van der Waals surface area (Å²) in [6, 6.07) is 10.7. The van der Waals surface area contributed by atoms with Gasteiger partial charge in [-0.05, 0) is 35.9 Å². The number of nitrogens with two attached hydrogens (primary N) is 1. The lowest BCUT2D eigenvalue weighted by Crippen LogP contribution is -2.33. The molecule has 0 atom stereocenters. The van der Waals surface area contributed by atoms with E-state index in [1.807, 2.05) is 6.07 Å². The quantitative estimate of drug-likeness (QED) is 0.0421. The van der Waals surface area contributed by atoms with Gasteiger partial charge in [-0.25, -0.2) is 28.8 Å². The van der Waals surface area contributed by atoms with Crippen molar-refractivity contribution in [3.8, 4) is 17.6 Å². The van der Waals surface area contributed by atoms with Crippen molar-refractivity contribution in [1.29, 1.82) is 5.26 Å². The highest BCUT2D eigenvalue weighted by Gasteiger charge is 2.32. The second-order valence-electron chi connectivity index (χ2n) is 7.86. The van der Waals surface area contributed by atoms with E-state index < -0.39 is 51.5 Å². The average molecular weight is 583 g/mol. The summed E-state index contributed by atoms with van der Waals surface area (Å²) in [5.41, 5.74) is -0.119. The van der Waals surface area contributed by atoms with Crippen molar-refractivity contribution in [2.24, 2.45) is 5.84 Å². The zero-order valence-electron chi connectivity index (χ0n) is 19.5. The third kappa shape index (κ3) is 5.12. The summed E-state index contributed by atoms with van der Waals surface area (Å²) in [4.78, 5) is 17.2.